The summed E-state index contributed by atoms with van der Waals surface area (Å²) in [5, 5.41) is 7.03. The van der Waals surface area contributed by atoms with Crippen molar-refractivity contribution >= 4 is 5.91 Å². The van der Waals surface area contributed by atoms with E-state index >= 15 is 0 Å². The Morgan fingerprint density at radius 1 is 1.40 bits per heavy atom. The van der Waals surface area contributed by atoms with E-state index in [0.717, 1.165) is 5.56 Å². The standard InChI is InChI=1S/C15H19N3O2/c1-15(11-20-3,13-7-5-4-6-8-13)17-14(19)12-9-16-18(2)10-12/h4-10H,11H2,1-3H3,(H,17,19). The first kappa shape index (κ1) is 14.3. The van der Waals surface area contributed by atoms with E-state index in [4.69, 9.17) is 4.74 Å². The van der Waals surface area contributed by atoms with Gasteiger partial charge in [0.25, 0.3) is 5.91 Å². The highest BCUT2D eigenvalue weighted by Gasteiger charge is 2.29. The normalized spacial score (nSPS) is 13.8. The van der Waals surface area contributed by atoms with Crippen molar-refractivity contribution in [1.82, 2.24) is 15.1 Å². The highest BCUT2D eigenvalue weighted by molar-refractivity contribution is 5.94. The number of methoxy groups -OCH3 is 1. The Morgan fingerprint density at radius 3 is 2.65 bits per heavy atom. The molecule has 1 unspecified atom stereocenters. The maximum atomic E-state index is 12.3. The molecule has 1 heterocycles. The van der Waals surface area contributed by atoms with Crippen molar-refractivity contribution in [2.45, 2.75) is 12.5 Å². The fraction of sp³-hybridized carbons (Fsp3) is 0.333. The lowest BCUT2D eigenvalue weighted by Crippen LogP contribution is -2.46. The van der Waals surface area contributed by atoms with Crippen molar-refractivity contribution in [1.29, 1.82) is 0 Å². The van der Waals surface area contributed by atoms with Crippen molar-refractivity contribution in [3.05, 3.63) is 53.9 Å². The van der Waals surface area contributed by atoms with Gasteiger partial charge in [0.1, 0.15) is 0 Å². The molecule has 0 radical (unpaired) electrons. The van der Waals surface area contributed by atoms with Gasteiger partial charge in [-0.2, -0.15) is 5.10 Å². The van der Waals surface area contributed by atoms with Gasteiger partial charge >= 0.3 is 0 Å². The lowest BCUT2D eigenvalue weighted by atomic mass is 9.92. The van der Waals surface area contributed by atoms with E-state index in [0.29, 0.717) is 12.2 Å². The molecular formula is C15H19N3O2. The summed E-state index contributed by atoms with van der Waals surface area (Å²) < 4.78 is 6.87. The van der Waals surface area contributed by atoms with Gasteiger partial charge in [-0.1, -0.05) is 30.3 Å². The quantitative estimate of drug-likeness (QED) is 0.902. The molecule has 20 heavy (non-hydrogen) atoms. The van der Waals surface area contributed by atoms with Gasteiger partial charge in [0.2, 0.25) is 0 Å². The molecule has 1 atom stereocenters. The number of carbonyl (C=O) groups is 1. The molecule has 1 amide bonds. The van der Waals surface area contributed by atoms with Crippen LogP contribution in [0.3, 0.4) is 0 Å². The topological polar surface area (TPSA) is 56.1 Å². The maximum absolute atomic E-state index is 12.3. The zero-order valence-electron chi connectivity index (χ0n) is 12.0. The lowest BCUT2D eigenvalue weighted by Gasteiger charge is -2.30. The maximum Gasteiger partial charge on any atom is 0.255 e. The lowest BCUT2D eigenvalue weighted by molar-refractivity contribution is 0.0786. The van der Waals surface area contributed by atoms with Crippen molar-refractivity contribution in [3.8, 4) is 0 Å². The predicted molar refractivity (Wildman–Crippen MR) is 76.3 cm³/mol. The summed E-state index contributed by atoms with van der Waals surface area (Å²) in [6, 6.07) is 9.78. The fourth-order valence-electron chi connectivity index (χ4n) is 2.15. The van der Waals surface area contributed by atoms with E-state index in [1.165, 1.54) is 0 Å². The molecule has 1 N–H and O–H groups in total. The second-order valence-electron chi connectivity index (χ2n) is 4.99. The number of rotatable bonds is 5. The number of carbonyl (C=O) groups excluding carboxylic acids is 1. The molecule has 0 fully saturated rings. The predicted octanol–water partition coefficient (Wildman–Crippen LogP) is 1.71. The van der Waals surface area contributed by atoms with Crippen molar-refractivity contribution in [2.75, 3.05) is 13.7 Å². The Kier molecular flexibility index (Phi) is 4.20. The number of aromatic nitrogens is 2. The van der Waals surface area contributed by atoms with Crippen LogP contribution in [0.4, 0.5) is 0 Å². The van der Waals surface area contributed by atoms with E-state index in [2.05, 4.69) is 10.4 Å². The van der Waals surface area contributed by atoms with E-state index in [-0.39, 0.29) is 5.91 Å². The van der Waals surface area contributed by atoms with Gasteiger partial charge in [0.15, 0.2) is 0 Å². The minimum Gasteiger partial charge on any atom is -0.382 e. The molecule has 2 aromatic rings. The molecule has 5 nitrogen and oxygen atoms in total. The number of ether oxygens (including phenoxy) is 1. The molecule has 0 bridgehead atoms. The van der Waals surface area contributed by atoms with Crippen molar-refractivity contribution in [3.63, 3.8) is 0 Å². The molecule has 0 saturated heterocycles. The van der Waals surface area contributed by atoms with Crippen molar-refractivity contribution < 1.29 is 9.53 Å². The summed E-state index contributed by atoms with van der Waals surface area (Å²) in [5.74, 6) is -0.165. The van der Waals surface area contributed by atoms with E-state index in [1.54, 1.807) is 31.2 Å². The van der Waals surface area contributed by atoms with Crippen LogP contribution in [0.15, 0.2) is 42.7 Å². The molecule has 0 saturated carbocycles. The largest absolute Gasteiger partial charge is 0.382 e. The zero-order valence-corrected chi connectivity index (χ0v) is 12.0. The Labute approximate surface area is 118 Å². The first-order valence-electron chi connectivity index (χ1n) is 6.41. The molecule has 0 aliphatic heterocycles. The number of benzene rings is 1. The second-order valence-corrected chi connectivity index (χ2v) is 4.99. The van der Waals surface area contributed by atoms with Gasteiger partial charge in [-0.05, 0) is 12.5 Å². The molecule has 5 heteroatoms. The van der Waals surface area contributed by atoms with Crippen LogP contribution in [-0.4, -0.2) is 29.4 Å². The minimum absolute atomic E-state index is 0.165. The van der Waals surface area contributed by atoms with Gasteiger partial charge in [-0.3, -0.25) is 9.48 Å². The Bertz CT molecular complexity index is 580. The van der Waals surface area contributed by atoms with Gasteiger partial charge in [-0.25, -0.2) is 0 Å². The summed E-state index contributed by atoms with van der Waals surface area (Å²) in [7, 11) is 3.40. The number of hydrogen-bond donors (Lipinski definition) is 1. The Hall–Kier alpha value is -2.14. The second kappa shape index (κ2) is 5.88. The minimum atomic E-state index is -0.580. The molecule has 1 aromatic carbocycles. The number of nitrogens with one attached hydrogen (secondary N) is 1. The van der Waals surface area contributed by atoms with Gasteiger partial charge in [0, 0.05) is 20.4 Å². The van der Waals surface area contributed by atoms with Crippen LogP contribution in [0.25, 0.3) is 0 Å². The highest BCUT2D eigenvalue weighted by Crippen LogP contribution is 2.21. The molecule has 2 rings (SSSR count). The molecular weight excluding hydrogens is 254 g/mol. The van der Waals surface area contributed by atoms with Crippen LogP contribution in [0.5, 0.6) is 0 Å². The summed E-state index contributed by atoms with van der Waals surface area (Å²) in [6.07, 6.45) is 3.24. The monoisotopic (exact) mass is 273 g/mol. The first-order chi connectivity index (χ1) is 9.55. The third-order valence-corrected chi connectivity index (χ3v) is 3.20. The summed E-state index contributed by atoms with van der Waals surface area (Å²) in [4.78, 5) is 12.3. The van der Waals surface area contributed by atoms with E-state index < -0.39 is 5.54 Å². The molecule has 106 valence electrons. The average molecular weight is 273 g/mol. The van der Waals surface area contributed by atoms with Crippen LogP contribution in [0, 0.1) is 0 Å². The SMILES string of the molecule is COCC(C)(NC(=O)c1cnn(C)c1)c1ccccc1. The number of aryl methyl sites for hydroxylation is 1. The van der Waals surface area contributed by atoms with Crippen LogP contribution in [-0.2, 0) is 17.3 Å². The summed E-state index contributed by atoms with van der Waals surface area (Å²) >= 11 is 0. The summed E-state index contributed by atoms with van der Waals surface area (Å²) in [5.41, 5.74) is 0.952. The molecule has 0 aliphatic carbocycles. The zero-order chi connectivity index (χ0) is 14.6. The molecule has 0 aliphatic rings. The Morgan fingerprint density at radius 2 is 2.10 bits per heavy atom. The van der Waals surface area contributed by atoms with E-state index in [1.807, 2.05) is 37.3 Å². The van der Waals surface area contributed by atoms with Crippen LogP contribution >= 0.6 is 0 Å². The van der Waals surface area contributed by atoms with Gasteiger partial charge < -0.3 is 10.1 Å². The van der Waals surface area contributed by atoms with Crippen molar-refractivity contribution in [2.24, 2.45) is 7.05 Å². The van der Waals surface area contributed by atoms with Crippen LogP contribution in [0.2, 0.25) is 0 Å². The molecule has 0 spiro atoms. The molecule has 1 aromatic heterocycles. The number of nitrogens with zero attached hydrogens (tertiary/aromatic N) is 2. The number of amides is 1. The number of hydrogen-bond acceptors (Lipinski definition) is 3. The highest BCUT2D eigenvalue weighted by atomic mass is 16.5. The van der Waals surface area contributed by atoms with Crippen LogP contribution < -0.4 is 5.32 Å². The Balaban J connectivity index is 2.23. The van der Waals surface area contributed by atoms with Crippen LogP contribution in [0.1, 0.15) is 22.8 Å². The first-order valence-corrected chi connectivity index (χ1v) is 6.41. The average Bonchev–Trinajstić information content (AvgIpc) is 2.87. The van der Waals surface area contributed by atoms with Gasteiger partial charge in [-0.15, -0.1) is 0 Å². The van der Waals surface area contributed by atoms with Gasteiger partial charge in [0.05, 0.1) is 23.9 Å². The van der Waals surface area contributed by atoms with E-state index in [9.17, 15) is 4.79 Å². The summed E-state index contributed by atoms with van der Waals surface area (Å²) in [6.45, 7) is 2.34. The third kappa shape index (κ3) is 3.05. The fourth-order valence-corrected chi connectivity index (χ4v) is 2.15. The smallest absolute Gasteiger partial charge is 0.255 e. The third-order valence-electron chi connectivity index (χ3n) is 3.20.